The van der Waals surface area contributed by atoms with Crippen LogP contribution in [0, 0.1) is 0 Å². The summed E-state index contributed by atoms with van der Waals surface area (Å²) >= 11 is 0. The molecule has 0 unspecified atom stereocenters. The van der Waals surface area contributed by atoms with Crippen molar-refractivity contribution >= 4 is 16.9 Å². The number of carboxylic acids is 1. The molecule has 0 atom stereocenters. The maximum absolute atomic E-state index is 11.4. The Morgan fingerprint density at radius 3 is 2.88 bits per heavy atom. The van der Waals surface area contributed by atoms with Gasteiger partial charge in [0, 0.05) is 5.39 Å². The van der Waals surface area contributed by atoms with Crippen molar-refractivity contribution in [1.29, 1.82) is 0 Å². The highest BCUT2D eigenvalue weighted by Gasteiger charge is 2.14. The van der Waals surface area contributed by atoms with Crippen LogP contribution in [-0.2, 0) is 0 Å². The molecule has 0 aliphatic carbocycles. The summed E-state index contributed by atoms with van der Waals surface area (Å²) in [5.41, 5.74) is -0.993. The van der Waals surface area contributed by atoms with E-state index in [0.717, 1.165) is 0 Å². The van der Waals surface area contributed by atoms with Gasteiger partial charge in [-0.25, -0.2) is 9.59 Å². The number of hydrogen-bond acceptors (Lipinski definition) is 4. The van der Waals surface area contributed by atoms with Gasteiger partial charge in [0.25, 0.3) is 0 Å². The minimum Gasteiger partial charge on any atom is -0.490 e. The van der Waals surface area contributed by atoms with Crippen molar-refractivity contribution in [2.75, 3.05) is 6.61 Å². The lowest BCUT2D eigenvalue weighted by Gasteiger charge is -2.05. The summed E-state index contributed by atoms with van der Waals surface area (Å²) in [5, 5.41) is 9.33. The van der Waals surface area contributed by atoms with Crippen LogP contribution < -0.4 is 10.4 Å². The number of benzene rings is 1. The Morgan fingerprint density at radius 2 is 2.24 bits per heavy atom. The van der Waals surface area contributed by atoms with Crippen LogP contribution in [0.1, 0.15) is 17.3 Å². The van der Waals surface area contributed by atoms with Crippen LogP contribution in [0.3, 0.4) is 0 Å². The first kappa shape index (κ1) is 11.2. The van der Waals surface area contributed by atoms with Crippen molar-refractivity contribution < 1.29 is 19.1 Å². The quantitative estimate of drug-likeness (QED) is 0.820. The van der Waals surface area contributed by atoms with Gasteiger partial charge >= 0.3 is 11.6 Å². The smallest absolute Gasteiger partial charge is 0.351 e. The van der Waals surface area contributed by atoms with Gasteiger partial charge in [0.15, 0.2) is 11.3 Å². The highest BCUT2D eigenvalue weighted by molar-refractivity contribution is 5.92. The van der Waals surface area contributed by atoms with Crippen molar-refractivity contribution in [3.63, 3.8) is 0 Å². The molecule has 0 saturated heterocycles. The molecule has 0 radical (unpaired) electrons. The van der Waals surface area contributed by atoms with E-state index in [0.29, 0.717) is 17.7 Å². The zero-order chi connectivity index (χ0) is 12.4. The van der Waals surface area contributed by atoms with Gasteiger partial charge in [-0.3, -0.25) is 0 Å². The first-order valence-corrected chi connectivity index (χ1v) is 5.06. The van der Waals surface area contributed by atoms with Crippen molar-refractivity contribution in [3.8, 4) is 5.75 Å². The number of carboxylic acid groups (broad SMARTS) is 1. The Hall–Kier alpha value is -2.30. The van der Waals surface area contributed by atoms with Crippen LogP contribution in [0.15, 0.2) is 33.5 Å². The summed E-state index contributed by atoms with van der Waals surface area (Å²) in [7, 11) is 0. The van der Waals surface area contributed by atoms with Gasteiger partial charge in [0.05, 0.1) is 6.61 Å². The molecule has 17 heavy (non-hydrogen) atoms. The number of aromatic carboxylic acids is 1. The van der Waals surface area contributed by atoms with Gasteiger partial charge in [-0.1, -0.05) is 12.1 Å². The van der Waals surface area contributed by atoms with Crippen LogP contribution in [0.25, 0.3) is 11.0 Å². The molecule has 0 bridgehead atoms. The van der Waals surface area contributed by atoms with Crippen molar-refractivity contribution in [1.82, 2.24) is 0 Å². The fraction of sp³-hybridized carbons (Fsp3) is 0.167. The number of hydrogen-bond donors (Lipinski definition) is 1. The third kappa shape index (κ3) is 1.99. The van der Waals surface area contributed by atoms with Gasteiger partial charge in [-0.2, -0.15) is 0 Å². The van der Waals surface area contributed by atoms with Crippen LogP contribution in [0.2, 0.25) is 0 Å². The molecule has 0 spiro atoms. The summed E-state index contributed by atoms with van der Waals surface area (Å²) in [6.45, 7) is 2.24. The van der Waals surface area contributed by atoms with Gasteiger partial charge in [-0.05, 0) is 19.1 Å². The lowest BCUT2D eigenvalue weighted by atomic mass is 10.2. The van der Waals surface area contributed by atoms with E-state index in [1.165, 1.54) is 6.07 Å². The van der Waals surface area contributed by atoms with Crippen molar-refractivity contribution in [2.24, 2.45) is 0 Å². The Kier molecular flexibility index (Phi) is 2.82. The fourth-order valence-corrected chi connectivity index (χ4v) is 1.54. The maximum Gasteiger partial charge on any atom is 0.351 e. The summed E-state index contributed by atoms with van der Waals surface area (Å²) < 4.78 is 10.3. The van der Waals surface area contributed by atoms with E-state index in [2.05, 4.69) is 0 Å². The Balaban J connectivity index is 2.73. The second-order valence-corrected chi connectivity index (χ2v) is 3.36. The zero-order valence-electron chi connectivity index (χ0n) is 9.10. The van der Waals surface area contributed by atoms with E-state index in [9.17, 15) is 9.59 Å². The first-order chi connectivity index (χ1) is 8.13. The number of rotatable bonds is 3. The van der Waals surface area contributed by atoms with Crippen molar-refractivity contribution in [2.45, 2.75) is 6.92 Å². The minimum absolute atomic E-state index is 0.268. The van der Waals surface area contributed by atoms with Crippen LogP contribution in [0.4, 0.5) is 0 Å². The maximum atomic E-state index is 11.4. The molecule has 5 nitrogen and oxygen atoms in total. The highest BCUT2D eigenvalue weighted by atomic mass is 16.5. The standard InChI is InChI=1S/C12H10O5/c1-2-16-9-5-3-4-7-6-8(11(13)14)12(15)17-10(7)9/h3-6H,2H2,1H3,(H,13,14). The SMILES string of the molecule is CCOc1cccc2cc(C(=O)O)c(=O)oc12. The molecule has 1 aromatic heterocycles. The average molecular weight is 234 g/mol. The summed E-state index contributed by atoms with van der Waals surface area (Å²) in [6, 6.07) is 6.31. The zero-order valence-corrected chi connectivity index (χ0v) is 9.10. The summed E-state index contributed by atoms with van der Waals surface area (Å²) in [5.74, 6) is -0.874. The molecule has 0 saturated carbocycles. The number of fused-ring (bicyclic) bond motifs is 1. The molecular weight excluding hydrogens is 224 g/mol. The van der Waals surface area contributed by atoms with E-state index in [1.807, 2.05) is 6.92 Å². The third-order valence-electron chi connectivity index (χ3n) is 2.25. The van der Waals surface area contributed by atoms with Crippen LogP contribution in [-0.4, -0.2) is 17.7 Å². The molecule has 0 fully saturated rings. The third-order valence-corrected chi connectivity index (χ3v) is 2.25. The monoisotopic (exact) mass is 234 g/mol. The van der Waals surface area contributed by atoms with E-state index in [4.69, 9.17) is 14.3 Å². The normalized spacial score (nSPS) is 10.4. The van der Waals surface area contributed by atoms with Crippen LogP contribution in [0.5, 0.6) is 5.75 Å². The van der Waals surface area contributed by atoms with E-state index < -0.39 is 11.6 Å². The molecule has 1 N–H and O–H groups in total. The molecule has 0 aliphatic heterocycles. The average Bonchev–Trinajstić information content (AvgIpc) is 2.29. The molecule has 1 heterocycles. The fourth-order valence-electron chi connectivity index (χ4n) is 1.54. The molecule has 88 valence electrons. The molecule has 2 aromatic rings. The second-order valence-electron chi connectivity index (χ2n) is 3.36. The van der Waals surface area contributed by atoms with Gasteiger partial charge in [0.1, 0.15) is 5.56 Å². The molecule has 0 amide bonds. The Labute approximate surface area is 96.2 Å². The summed E-state index contributed by atoms with van der Waals surface area (Å²) in [4.78, 5) is 22.2. The first-order valence-electron chi connectivity index (χ1n) is 5.06. The predicted molar refractivity (Wildman–Crippen MR) is 60.6 cm³/mol. The van der Waals surface area contributed by atoms with E-state index >= 15 is 0 Å². The number of para-hydroxylation sites is 1. The van der Waals surface area contributed by atoms with Gasteiger partial charge < -0.3 is 14.3 Å². The predicted octanol–water partition coefficient (Wildman–Crippen LogP) is 1.89. The van der Waals surface area contributed by atoms with Gasteiger partial charge in [0.2, 0.25) is 0 Å². The largest absolute Gasteiger partial charge is 0.490 e. The molecule has 0 aliphatic rings. The Bertz CT molecular complexity index is 626. The highest BCUT2D eigenvalue weighted by Crippen LogP contribution is 2.24. The number of ether oxygens (including phenoxy) is 1. The molecule has 2 rings (SSSR count). The van der Waals surface area contributed by atoms with Gasteiger partial charge in [-0.15, -0.1) is 0 Å². The topological polar surface area (TPSA) is 76.7 Å². The minimum atomic E-state index is -1.30. The lowest BCUT2D eigenvalue weighted by molar-refractivity contribution is 0.0692. The van der Waals surface area contributed by atoms with Crippen LogP contribution >= 0.6 is 0 Å². The van der Waals surface area contributed by atoms with Crippen molar-refractivity contribution in [3.05, 3.63) is 40.2 Å². The van der Waals surface area contributed by atoms with E-state index in [1.54, 1.807) is 18.2 Å². The van der Waals surface area contributed by atoms with E-state index in [-0.39, 0.29) is 11.1 Å². The molecule has 1 aromatic carbocycles. The summed E-state index contributed by atoms with van der Waals surface area (Å²) in [6.07, 6.45) is 0. The second kappa shape index (κ2) is 4.29. The Morgan fingerprint density at radius 1 is 1.47 bits per heavy atom. The molecular formula is C12H10O5. The number of carbonyl (C=O) groups is 1. The lowest BCUT2D eigenvalue weighted by Crippen LogP contribution is -2.13. The molecule has 5 heteroatoms.